The van der Waals surface area contributed by atoms with Gasteiger partial charge in [0, 0.05) is 0 Å². The third kappa shape index (κ3) is 3.30. The smallest absolute Gasteiger partial charge is 0.105 e. The first-order chi connectivity index (χ1) is 8.51. The van der Waals surface area contributed by atoms with Gasteiger partial charge in [0.1, 0.15) is 6.10 Å². The molecule has 2 atom stereocenters. The van der Waals surface area contributed by atoms with Crippen molar-refractivity contribution >= 4 is 0 Å². The summed E-state index contributed by atoms with van der Waals surface area (Å²) < 4.78 is 0. The van der Waals surface area contributed by atoms with Crippen LogP contribution in [0, 0.1) is 25.2 Å². The van der Waals surface area contributed by atoms with Crippen molar-refractivity contribution in [1.82, 2.24) is 5.32 Å². The molecule has 18 heavy (non-hydrogen) atoms. The molecule has 0 aliphatic rings. The quantitative estimate of drug-likeness (QED) is 0.731. The third-order valence-electron chi connectivity index (χ3n) is 3.07. The highest BCUT2D eigenvalue weighted by atomic mass is 16.3. The minimum atomic E-state index is -0.911. The number of nitrogens with zero attached hydrogens (tertiary/aromatic N) is 1. The number of rotatable bonds is 5. The van der Waals surface area contributed by atoms with Gasteiger partial charge in [-0.3, -0.25) is 0 Å². The summed E-state index contributed by atoms with van der Waals surface area (Å²) in [6, 6.07) is 5.55. The van der Waals surface area contributed by atoms with Crippen molar-refractivity contribution in [2.45, 2.75) is 32.5 Å². The molecule has 0 aliphatic carbocycles. The number of nitrogens with one attached hydrogen (secondary N) is 1. The van der Waals surface area contributed by atoms with Crippen LogP contribution in [0.5, 0.6) is 0 Å². The number of aryl methyl sites for hydroxylation is 2. The van der Waals surface area contributed by atoms with Crippen molar-refractivity contribution in [3.63, 3.8) is 0 Å². The maximum Gasteiger partial charge on any atom is 0.105 e. The summed E-state index contributed by atoms with van der Waals surface area (Å²) in [4.78, 5) is 0. The fraction of sp³-hybridized carbons (Fsp3) is 0.500. The average Bonchev–Trinajstić information content (AvgIpc) is 2.34. The highest BCUT2D eigenvalue weighted by Crippen LogP contribution is 2.26. The molecule has 0 aromatic heterocycles. The number of nitriles is 1. The van der Waals surface area contributed by atoms with E-state index in [0.717, 1.165) is 16.7 Å². The van der Waals surface area contributed by atoms with Gasteiger partial charge in [0.15, 0.2) is 0 Å². The molecule has 4 heteroatoms. The second-order valence-electron chi connectivity index (χ2n) is 4.54. The molecule has 0 aliphatic heterocycles. The predicted octanol–water partition coefficient (Wildman–Crippen LogP) is 1.18. The summed E-state index contributed by atoms with van der Waals surface area (Å²) >= 11 is 0. The van der Waals surface area contributed by atoms with E-state index in [0.29, 0.717) is 18.5 Å². The Kier molecular flexibility index (Phi) is 5.29. The van der Waals surface area contributed by atoms with E-state index >= 15 is 0 Å². The van der Waals surface area contributed by atoms with Crippen LogP contribution in [0.4, 0.5) is 0 Å². The molecule has 0 bridgehead atoms. The Balaban J connectivity index is 2.99. The SMILES string of the molecule is CNCCC(O)C(O)c1c(C)cc(C#N)cc1C. The number of hydrogen-bond donors (Lipinski definition) is 3. The summed E-state index contributed by atoms with van der Waals surface area (Å²) in [5, 5.41) is 31.9. The van der Waals surface area contributed by atoms with Gasteiger partial charge >= 0.3 is 0 Å². The van der Waals surface area contributed by atoms with Gasteiger partial charge in [-0.2, -0.15) is 5.26 Å². The van der Waals surface area contributed by atoms with E-state index in [1.54, 1.807) is 19.2 Å². The Morgan fingerprint density at radius 3 is 2.28 bits per heavy atom. The number of aliphatic hydroxyl groups excluding tert-OH is 2. The van der Waals surface area contributed by atoms with E-state index in [1.807, 2.05) is 13.8 Å². The van der Waals surface area contributed by atoms with Gasteiger partial charge in [-0.05, 0) is 62.7 Å². The Morgan fingerprint density at radius 2 is 1.83 bits per heavy atom. The molecular formula is C14H20N2O2. The van der Waals surface area contributed by atoms with Gasteiger partial charge in [-0.15, -0.1) is 0 Å². The lowest BCUT2D eigenvalue weighted by atomic mass is 9.92. The number of aliphatic hydroxyl groups is 2. The van der Waals surface area contributed by atoms with Gasteiger partial charge in [-0.1, -0.05) is 0 Å². The molecule has 0 spiro atoms. The molecule has 1 aromatic carbocycles. The largest absolute Gasteiger partial charge is 0.390 e. The standard InChI is InChI=1S/C14H20N2O2/c1-9-6-11(8-15)7-10(2)13(9)14(18)12(17)4-5-16-3/h6-7,12,14,16-18H,4-5H2,1-3H3. The number of hydrogen-bond acceptors (Lipinski definition) is 4. The van der Waals surface area contributed by atoms with Crippen molar-refractivity contribution < 1.29 is 10.2 Å². The van der Waals surface area contributed by atoms with E-state index in [9.17, 15) is 10.2 Å². The maximum atomic E-state index is 10.2. The minimum Gasteiger partial charge on any atom is -0.390 e. The van der Waals surface area contributed by atoms with Crippen LogP contribution in [0.1, 0.15) is 34.8 Å². The monoisotopic (exact) mass is 248 g/mol. The van der Waals surface area contributed by atoms with Gasteiger partial charge in [0.05, 0.1) is 17.7 Å². The van der Waals surface area contributed by atoms with Crippen molar-refractivity contribution in [3.8, 4) is 6.07 Å². The normalized spacial score (nSPS) is 14.0. The molecule has 0 amide bonds. The van der Waals surface area contributed by atoms with Crippen molar-refractivity contribution in [2.24, 2.45) is 0 Å². The van der Waals surface area contributed by atoms with Crippen LogP contribution in [0.3, 0.4) is 0 Å². The Morgan fingerprint density at radius 1 is 1.28 bits per heavy atom. The van der Waals surface area contributed by atoms with Crippen molar-refractivity contribution in [3.05, 3.63) is 34.4 Å². The molecule has 98 valence electrons. The Bertz CT molecular complexity index is 429. The summed E-state index contributed by atoms with van der Waals surface area (Å²) in [5.74, 6) is 0. The lowest BCUT2D eigenvalue weighted by molar-refractivity contribution is 0.0133. The molecule has 4 nitrogen and oxygen atoms in total. The lowest BCUT2D eigenvalue weighted by Gasteiger charge is -2.22. The number of benzene rings is 1. The minimum absolute atomic E-state index is 0.483. The van der Waals surface area contributed by atoms with E-state index in [1.165, 1.54) is 0 Å². The summed E-state index contributed by atoms with van der Waals surface area (Å²) in [6.07, 6.45) is -1.23. The molecule has 0 fully saturated rings. The van der Waals surface area contributed by atoms with Crippen molar-refractivity contribution in [1.29, 1.82) is 5.26 Å². The van der Waals surface area contributed by atoms with Crippen LogP contribution in [0.25, 0.3) is 0 Å². The first-order valence-electron chi connectivity index (χ1n) is 6.03. The lowest BCUT2D eigenvalue weighted by Crippen LogP contribution is -2.24. The summed E-state index contributed by atoms with van der Waals surface area (Å²) in [5.41, 5.74) is 2.97. The predicted molar refractivity (Wildman–Crippen MR) is 70.1 cm³/mol. The van der Waals surface area contributed by atoms with Gasteiger partial charge in [0.2, 0.25) is 0 Å². The van der Waals surface area contributed by atoms with Crippen LogP contribution in [0.15, 0.2) is 12.1 Å². The van der Waals surface area contributed by atoms with Crippen LogP contribution in [0.2, 0.25) is 0 Å². The molecule has 0 saturated carbocycles. The van der Waals surface area contributed by atoms with E-state index in [2.05, 4.69) is 11.4 Å². The van der Waals surface area contributed by atoms with Crippen LogP contribution in [-0.2, 0) is 0 Å². The molecule has 2 unspecified atom stereocenters. The zero-order chi connectivity index (χ0) is 13.7. The fourth-order valence-electron chi connectivity index (χ4n) is 2.15. The van der Waals surface area contributed by atoms with Crippen LogP contribution < -0.4 is 5.32 Å². The van der Waals surface area contributed by atoms with Gasteiger partial charge in [0.25, 0.3) is 0 Å². The first-order valence-corrected chi connectivity index (χ1v) is 6.03. The molecule has 1 rings (SSSR count). The van der Waals surface area contributed by atoms with E-state index in [4.69, 9.17) is 5.26 Å². The van der Waals surface area contributed by atoms with Gasteiger partial charge in [-0.25, -0.2) is 0 Å². The summed E-state index contributed by atoms with van der Waals surface area (Å²) in [7, 11) is 1.80. The first kappa shape index (κ1) is 14.7. The second-order valence-corrected chi connectivity index (χ2v) is 4.54. The molecular weight excluding hydrogens is 228 g/mol. The topological polar surface area (TPSA) is 76.3 Å². The molecule has 1 aromatic rings. The molecule has 0 radical (unpaired) electrons. The van der Waals surface area contributed by atoms with E-state index < -0.39 is 12.2 Å². The molecule has 3 N–H and O–H groups in total. The highest BCUT2D eigenvalue weighted by Gasteiger charge is 2.21. The zero-order valence-corrected chi connectivity index (χ0v) is 11.1. The fourth-order valence-corrected chi connectivity index (χ4v) is 2.15. The van der Waals surface area contributed by atoms with Crippen LogP contribution in [-0.4, -0.2) is 29.9 Å². The third-order valence-corrected chi connectivity index (χ3v) is 3.07. The van der Waals surface area contributed by atoms with Gasteiger partial charge < -0.3 is 15.5 Å². The molecule has 0 heterocycles. The maximum absolute atomic E-state index is 10.2. The van der Waals surface area contributed by atoms with E-state index in [-0.39, 0.29) is 0 Å². The second kappa shape index (κ2) is 6.50. The zero-order valence-electron chi connectivity index (χ0n) is 11.1. The Labute approximate surface area is 108 Å². The summed E-state index contributed by atoms with van der Waals surface area (Å²) in [6.45, 7) is 4.33. The van der Waals surface area contributed by atoms with Crippen LogP contribution >= 0.6 is 0 Å². The highest BCUT2D eigenvalue weighted by molar-refractivity contribution is 5.44. The van der Waals surface area contributed by atoms with Crippen molar-refractivity contribution in [2.75, 3.05) is 13.6 Å². The average molecular weight is 248 g/mol. The Hall–Kier alpha value is -1.41. The molecule has 0 saturated heterocycles.